The predicted molar refractivity (Wildman–Crippen MR) is 65.8 cm³/mol. The van der Waals surface area contributed by atoms with Gasteiger partial charge in [0.1, 0.15) is 0 Å². The number of anilines is 1. The molecule has 1 aromatic rings. The highest BCUT2D eigenvalue weighted by atomic mass is 35.5. The minimum Gasteiger partial charge on any atom is -0.365 e. The molecule has 1 aliphatic heterocycles. The molecule has 0 bridgehead atoms. The summed E-state index contributed by atoms with van der Waals surface area (Å²) in [5, 5.41) is 12.7. The topological polar surface area (TPSA) is 39.1 Å². The minimum atomic E-state index is 0.524. The van der Waals surface area contributed by atoms with Gasteiger partial charge in [-0.1, -0.05) is 11.6 Å². The van der Waals surface area contributed by atoms with Gasteiger partial charge in [-0.3, -0.25) is 0 Å². The summed E-state index contributed by atoms with van der Waals surface area (Å²) in [6.07, 6.45) is 0. The zero-order valence-corrected chi connectivity index (χ0v) is 9.96. The standard InChI is InChI=1S/C12H14ClN3/c1-2-16(10-7-15-8-10)12-4-3-9(6-14)5-11(12)13/h3-5,10,15H,2,7-8H2,1H3. The molecule has 4 heteroatoms. The molecule has 0 amide bonds. The molecule has 1 aliphatic rings. The summed E-state index contributed by atoms with van der Waals surface area (Å²) in [4.78, 5) is 2.28. The summed E-state index contributed by atoms with van der Waals surface area (Å²) in [7, 11) is 0. The van der Waals surface area contributed by atoms with E-state index in [4.69, 9.17) is 16.9 Å². The predicted octanol–water partition coefficient (Wildman–Crippen LogP) is 2.01. The van der Waals surface area contributed by atoms with Crippen molar-refractivity contribution in [1.82, 2.24) is 5.32 Å². The monoisotopic (exact) mass is 235 g/mol. The van der Waals surface area contributed by atoms with Gasteiger partial charge in [0.05, 0.1) is 28.4 Å². The van der Waals surface area contributed by atoms with Crippen molar-refractivity contribution >= 4 is 17.3 Å². The Labute approximate surface area is 101 Å². The maximum absolute atomic E-state index is 8.78. The van der Waals surface area contributed by atoms with Crippen molar-refractivity contribution in [3.8, 4) is 6.07 Å². The lowest BCUT2D eigenvalue weighted by atomic mass is 10.1. The van der Waals surface area contributed by atoms with Crippen LogP contribution in [0.25, 0.3) is 0 Å². The molecule has 0 atom stereocenters. The number of benzene rings is 1. The Bertz CT molecular complexity index is 421. The molecule has 0 spiro atoms. The van der Waals surface area contributed by atoms with Gasteiger partial charge >= 0.3 is 0 Å². The third-order valence-electron chi connectivity index (χ3n) is 2.93. The van der Waals surface area contributed by atoms with Crippen molar-refractivity contribution in [2.45, 2.75) is 13.0 Å². The summed E-state index contributed by atoms with van der Waals surface area (Å²) >= 11 is 6.19. The van der Waals surface area contributed by atoms with E-state index in [0.717, 1.165) is 25.3 Å². The largest absolute Gasteiger partial charge is 0.365 e. The average molecular weight is 236 g/mol. The van der Waals surface area contributed by atoms with E-state index >= 15 is 0 Å². The number of rotatable bonds is 3. The van der Waals surface area contributed by atoms with Crippen LogP contribution in [-0.2, 0) is 0 Å². The van der Waals surface area contributed by atoms with Crippen molar-refractivity contribution < 1.29 is 0 Å². The third-order valence-corrected chi connectivity index (χ3v) is 3.23. The number of nitrogens with zero attached hydrogens (tertiary/aromatic N) is 2. The lowest BCUT2D eigenvalue weighted by Crippen LogP contribution is -2.57. The second-order valence-electron chi connectivity index (χ2n) is 3.88. The summed E-state index contributed by atoms with van der Waals surface area (Å²) in [5.74, 6) is 0. The van der Waals surface area contributed by atoms with E-state index in [1.54, 1.807) is 6.07 Å². The first kappa shape index (κ1) is 11.3. The van der Waals surface area contributed by atoms with Gasteiger partial charge in [-0.2, -0.15) is 5.26 Å². The van der Waals surface area contributed by atoms with Crippen LogP contribution in [-0.4, -0.2) is 25.7 Å². The Morgan fingerprint density at radius 2 is 2.31 bits per heavy atom. The van der Waals surface area contributed by atoms with Crippen LogP contribution in [0.2, 0.25) is 5.02 Å². The number of nitriles is 1. The molecular weight excluding hydrogens is 222 g/mol. The van der Waals surface area contributed by atoms with Crippen molar-refractivity contribution in [1.29, 1.82) is 5.26 Å². The Morgan fingerprint density at radius 3 is 2.75 bits per heavy atom. The molecule has 0 aromatic heterocycles. The van der Waals surface area contributed by atoms with Gasteiger partial charge in [0.15, 0.2) is 0 Å². The van der Waals surface area contributed by atoms with Gasteiger partial charge in [0.25, 0.3) is 0 Å². The van der Waals surface area contributed by atoms with Crippen LogP contribution in [0.5, 0.6) is 0 Å². The van der Waals surface area contributed by atoms with Gasteiger partial charge in [0.2, 0.25) is 0 Å². The van der Waals surface area contributed by atoms with E-state index in [9.17, 15) is 0 Å². The van der Waals surface area contributed by atoms with Crippen LogP contribution in [0, 0.1) is 11.3 Å². The quantitative estimate of drug-likeness (QED) is 0.871. The fourth-order valence-electron chi connectivity index (χ4n) is 1.93. The number of hydrogen-bond donors (Lipinski definition) is 1. The number of likely N-dealkylation sites (N-methyl/N-ethyl adjacent to an activating group) is 1. The van der Waals surface area contributed by atoms with E-state index in [0.29, 0.717) is 16.6 Å². The number of nitrogens with one attached hydrogen (secondary N) is 1. The molecule has 84 valence electrons. The highest BCUT2D eigenvalue weighted by Crippen LogP contribution is 2.28. The molecule has 1 aromatic carbocycles. The van der Waals surface area contributed by atoms with Gasteiger partial charge in [-0.15, -0.1) is 0 Å². The molecule has 1 heterocycles. The molecule has 0 aliphatic carbocycles. The second kappa shape index (κ2) is 4.73. The third kappa shape index (κ3) is 1.99. The smallest absolute Gasteiger partial charge is 0.0992 e. The first-order valence-electron chi connectivity index (χ1n) is 5.43. The van der Waals surface area contributed by atoms with Crippen LogP contribution in [0.1, 0.15) is 12.5 Å². The first-order valence-corrected chi connectivity index (χ1v) is 5.81. The minimum absolute atomic E-state index is 0.524. The molecule has 1 N–H and O–H groups in total. The maximum Gasteiger partial charge on any atom is 0.0992 e. The zero-order chi connectivity index (χ0) is 11.5. The lowest BCUT2D eigenvalue weighted by Gasteiger charge is -2.39. The first-order chi connectivity index (χ1) is 7.76. The summed E-state index contributed by atoms with van der Waals surface area (Å²) in [6.45, 7) is 5.05. The van der Waals surface area contributed by atoms with Crippen molar-refractivity contribution in [3.63, 3.8) is 0 Å². The van der Waals surface area contributed by atoms with E-state index in [-0.39, 0.29) is 0 Å². The van der Waals surface area contributed by atoms with E-state index in [1.807, 2.05) is 12.1 Å². The summed E-state index contributed by atoms with van der Waals surface area (Å²) in [5.41, 5.74) is 1.63. The normalized spacial score (nSPS) is 15.3. The molecular formula is C12H14ClN3. The molecule has 0 saturated carbocycles. The molecule has 1 fully saturated rings. The van der Waals surface area contributed by atoms with E-state index < -0.39 is 0 Å². The van der Waals surface area contributed by atoms with Crippen molar-refractivity contribution in [2.75, 3.05) is 24.5 Å². The Kier molecular flexibility index (Phi) is 3.33. The van der Waals surface area contributed by atoms with Crippen LogP contribution < -0.4 is 10.2 Å². The van der Waals surface area contributed by atoms with E-state index in [2.05, 4.69) is 23.2 Å². The Hall–Kier alpha value is -1.24. The number of halogens is 1. The second-order valence-corrected chi connectivity index (χ2v) is 4.28. The van der Waals surface area contributed by atoms with E-state index in [1.165, 1.54) is 0 Å². The Morgan fingerprint density at radius 1 is 1.56 bits per heavy atom. The fraction of sp³-hybridized carbons (Fsp3) is 0.417. The summed E-state index contributed by atoms with van der Waals surface area (Å²) in [6, 6.07) is 8.09. The molecule has 2 rings (SSSR count). The van der Waals surface area contributed by atoms with Gasteiger partial charge in [-0.05, 0) is 25.1 Å². The van der Waals surface area contributed by atoms with Crippen molar-refractivity contribution in [3.05, 3.63) is 28.8 Å². The zero-order valence-electron chi connectivity index (χ0n) is 9.20. The maximum atomic E-state index is 8.78. The highest BCUT2D eigenvalue weighted by molar-refractivity contribution is 6.33. The van der Waals surface area contributed by atoms with Gasteiger partial charge < -0.3 is 10.2 Å². The average Bonchev–Trinajstić information content (AvgIpc) is 2.23. The molecule has 0 radical (unpaired) electrons. The van der Waals surface area contributed by atoms with Crippen LogP contribution in [0.15, 0.2) is 18.2 Å². The number of hydrogen-bond acceptors (Lipinski definition) is 3. The molecule has 1 saturated heterocycles. The Balaban J connectivity index is 2.27. The van der Waals surface area contributed by atoms with Crippen LogP contribution in [0.3, 0.4) is 0 Å². The van der Waals surface area contributed by atoms with Crippen LogP contribution in [0.4, 0.5) is 5.69 Å². The fourth-order valence-corrected chi connectivity index (χ4v) is 2.22. The highest BCUT2D eigenvalue weighted by Gasteiger charge is 2.24. The van der Waals surface area contributed by atoms with Crippen molar-refractivity contribution in [2.24, 2.45) is 0 Å². The molecule has 16 heavy (non-hydrogen) atoms. The molecule has 0 unspecified atom stereocenters. The SMILES string of the molecule is CCN(c1ccc(C#N)cc1Cl)C1CNC1. The van der Waals surface area contributed by atoms with Gasteiger partial charge in [0, 0.05) is 19.6 Å². The van der Waals surface area contributed by atoms with Crippen LogP contribution >= 0.6 is 11.6 Å². The molecule has 3 nitrogen and oxygen atoms in total. The lowest BCUT2D eigenvalue weighted by molar-refractivity contribution is 0.417. The van der Waals surface area contributed by atoms with Gasteiger partial charge in [-0.25, -0.2) is 0 Å². The summed E-state index contributed by atoms with van der Waals surface area (Å²) < 4.78 is 0.